The molecule has 4 rings (SSSR count). The van der Waals surface area contributed by atoms with Gasteiger partial charge in [0, 0.05) is 17.1 Å². The van der Waals surface area contributed by atoms with Gasteiger partial charge >= 0.3 is 0 Å². The Balaban J connectivity index is 1.83. The Morgan fingerprint density at radius 3 is 2.37 bits per heavy atom. The van der Waals surface area contributed by atoms with E-state index in [0.29, 0.717) is 29.5 Å². The molecule has 0 aliphatic carbocycles. The van der Waals surface area contributed by atoms with E-state index in [4.69, 9.17) is 9.16 Å². The first-order valence-corrected chi connectivity index (χ1v) is 15.3. The van der Waals surface area contributed by atoms with Crippen molar-refractivity contribution in [3.8, 4) is 11.5 Å². The molecule has 1 atom stereocenters. The number of nitrogens with zero attached hydrogens (tertiary/aromatic N) is 1. The third-order valence-electron chi connectivity index (χ3n) is 6.18. The van der Waals surface area contributed by atoms with E-state index in [1.807, 2.05) is 24.4 Å². The highest BCUT2D eigenvalue weighted by Gasteiger charge is 2.38. The van der Waals surface area contributed by atoms with Crippen LogP contribution in [0.5, 0.6) is 11.5 Å². The average Bonchev–Trinajstić information content (AvgIpc) is 3.37. The van der Waals surface area contributed by atoms with Crippen LogP contribution in [0.15, 0.2) is 66.2 Å². The van der Waals surface area contributed by atoms with Crippen LogP contribution in [0.25, 0.3) is 10.8 Å². The molecule has 0 amide bonds. The van der Waals surface area contributed by atoms with Crippen molar-refractivity contribution in [3.05, 3.63) is 87.9 Å². The van der Waals surface area contributed by atoms with Gasteiger partial charge in [0.2, 0.25) is 0 Å². The predicted molar refractivity (Wildman–Crippen MR) is 147 cm³/mol. The number of ether oxygens (including phenoxy) is 1. The smallest absolute Gasteiger partial charge is 0.274 e. The maximum Gasteiger partial charge on any atom is 0.274 e. The van der Waals surface area contributed by atoms with Crippen LogP contribution in [0.4, 0.5) is 0 Å². The number of hydrogen-bond donors (Lipinski definition) is 1. The van der Waals surface area contributed by atoms with Gasteiger partial charge in [0.1, 0.15) is 17.2 Å². The van der Waals surface area contributed by atoms with Crippen LogP contribution in [0.2, 0.25) is 13.1 Å². The molecular formula is C29H34NO3SSi. The van der Waals surface area contributed by atoms with E-state index in [1.165, 1.54) is 22.1 Å². The lowest BCUT2D eigenvalue weighted by Gasteiger charge is -2.32. The first-order chi connectivity index (χ1) is 16.6. The first kappa shape index (κ1) is 25.4. The summed E-state index contributed by atoms with van der Waals surface area (Å²) in [6.07, 6.45) is 2.21. The van der Waals surface area contributed by atoms with Crippen LogP contribution < -0.4 is 9.16 Å². The van der Waals surface area contributed by atoms with E-state index < -0.39 is 14.6 Å². The third kappa shape index (κ3) is 5.45. The van der Waals surface area contributed by atoms with Gasteiger partial charge < -0.3 is 14.3 Å². The highest BCUT2D eigenvalue weighted by atomic mass is 32.1. The minimum Gasteiger partial charge on any atom is -0.540 e. The molecule has 1 heterocycles. The van der Waals surface area contributed by atoms with E-state index >= 15 is 0 Å². The highest BCUT2D eigenvalue weighted by Crippen LogP contribution is 2.46. The monoisotopic (exact) mass is 504 g/mol. The SMILES string of the molecule is CCC(O)(c1nccs1)c1cc(C(C)(C)C)cc(OCc2ccc3ccccc3c2)c1O[Si](C)C. The summed E-state index contributed by atoms with van der Waals surface area (Å²) in [7, 11) is -1.13. The van der Waals surface area contributed by atoms with Gasteiger partial charge in [-0.2, -0.15) is 0 Å². The molecule has 1 N–H and O–H groups in total. The van der Waals surface area contributed by atoms with E-state index in [1.54, 1.807) is 6.20 Å². The Morgan fingerprint density at radius 2 is 1.74 bits per heavy atom. The fraction of sp³-hybridized carbons (Fsp3) is 0.345. The zero-order valence-corrected chi connectivity index (χ0v) is 23.2. The molecule has 0 spiro atoms. The molecule has 4 nitrogen and oxygen atoms in total. The minimum atomic E-state index is -1.26. The van der Waals surface area contributed by atoms with Crippen LogP contribution in [0, 0.1) is 0 Å². The van der Waals surface area contributed by atoms with Crippen molar-refractivity contribution >= 4 is 31.1 Å². The fourth-order valence-electron chi connectivity index (χ4n) is 4.13. The summed E-state index contributed by atoms with van der Waals surface area (Å²) >= 11 is 1.46. The summed E-state index contributed by atoms with van der Waals surface area (Å²) in [5.74, 6) is 1.28. The van der Waals surface area contributed by atoms with Crippen molar-refractivity contribution in [1.82, 2.24) is 4.98 Å². The van der Waals surface area contributed by atoms with Crippen LogP contribution in [0.1, 0.15) is 55.8 Å². The summed E-state index contributed by atoms with van der Waals surface area (Å²) in [5.41, 5.74) is 1.49. The number of thiazole rings is 1. The Morgan fingerprint density at radius 1 is 1.00 bits per heavy atom. The first-order valence-electron chi connectivity index (χ1n) is 12.0. The number of hydrogen-bond acceptors (Lipinski definition) is 5. The molecule has 0 saturated carbocycles. The summed E-state index contributed by atoms with van der Waals surface area (Å²) in [6, 6.07) is 18.9. The number of rotatable bonds is 8. The Hall–Kier alpha value is -2.67. The molecule has 1 aromatic heterocycles. The van der Waals surface area contributed by atoms with Crippen LogP contribution in [-0.4, -0.2) is 19.1 Å². The molecule has 0 saturated heterocycles. The molecule has 35 heavy (non-hydrogen) atoms. The molecule has 0 bridgehead atoms. The molecule has 1 unspecified atom stereocenters. The van der Waals surface area contributed by atoms with Crippen molar-refractivity contribution in [1.29, 1.82) is 0 Å². The van der Waals surface area contributed by atoms with Gasteiger partial charge in [-0.05, 0) is 65.0 Å². The number of aromatic nitrogens is 1. The quantitative estimate of drug-likeness (QED) is 0.253. The Bertz CT molecular complexity index is 1300. The van der Waals surface area contributed by atoms with Gasteiger partial charge in [-0.25, -0.2) is 4.98 Å². The molecule has 0 aliphatic rings. The van der Waals surface area contributed by atoms with Crippen molar-refractivity contribution in [3.63, 3.8) is 0 Å². The maximum atomic E-state index is 12.0. The average molecular weight is 505 g/mol. The van der Waals surface area contributed by atoms with Gasteiger partial charge in [-0.15, -0.1) is 11.3 Å². The standard InChI is InChI=1S/C29H34NO3SSi/c1-7-29(31,27-30-14-15-34-27)24-17-23(28(2,3)4)18-25(26(24)33-35(5)6)32-19-20-12-13-21-10-8-9-11-22(21)16-20/h8-18,31H,7,19H2,1-6H3. The second-order valence-electron chi connectivity index (χ2n) is 10.1. The summed E-state index contributed by atoms with van der Waals surface area (Å²) in [6.45, 7) is 13.1. The summed E-state index contributed by atoms with van der Waals surface area (Å²) in [4.78, 5) is 4.48. The molecule has 0 fully saturated rings. The molecule has 1 radical (unpaired) electrons. The van der Waals surface area contributed by atoms with Crippen molar-refractivity contribution < 1.29 is 14.3 Å². The Kier molecular flexibility index (Phi) is 7.36. The molecular weight excluding hydrogens is 470 g/mol. The minimum absolute atomic E-state index is 0.141. The second-order valence-corrected chi connectivity index (χ2v) is 13.0. The predicted octanol–water partition coefficient (Wildman–Crippen LogP) is 7.45. The number of fused-ring (bicyclic) bond motifs is 1. The summed E-state index contributed by atoms with van der Waals surface area (Å²) < 4.78 is 12.9. The van der Waals surface area contributed by atoms with Crippen molar-refractivity contribution in [2.45, 2.75) is 64.8 Å². The maximum absolute atomic E-state index is 12.0. The van der Waals surface area contributed by atoms with Crippen molar-refractivity contribution in [2.24, 2.45) is 0 Å². The molecule has 3 aromatic carbocycles. The highest BCUT2D eigenvalue weighted by molar-refractivity contribution is 7.09. The van der Waals surface area contributed by atoms with Crippen LogP contribution in [0.3, 0.4) is 0 Å². The van der Waals surface area contributed by atoms with Gasteiger partial charge in [0.05, 0.1) is 0 Å². The molecule has 6 heteroatoms. The number of benzene rings is 3. The van der Waals surface area contributed by atoms with E-state index in [2.05, 4.69) is 81.3 Å². The lowest BCUT2D eigenvalue weighted by molar-refractivity contribution is 0.0737. The topological polar surface area (TPSA) is 51.6 Å². The molecule has 4 aromatic rings. The molecule has 183 valence electrons. The number of aliphatic hydroxyl groups is 1. The largest absolute Gasteiger partial charge is 0.540 e. The zero-order chi connectivity index (χ0) is 25.2. The van der Waals surface area contributed by atoms with Gasteiger partial charge in [-0.1, -0.05) is 64.1 Å². The zero-order valence-electron chi connectivity index (χ0n) is 21.4. The van der Waals surface area contributed by atoms with Crippen molar-refractivity contribution in [2.75, 3.05) is 0 Å². The lowest BCUT2D eigenvalue weighted by atomic mass is 9.82. The summed E-state index contributed by atoms with van der Waals surface area (Å²) in [5, 5.41) is 16.9. The van der Waals surface area contributed by atoms with E-state index in [0.717, 1.165) is 16.7 Å². The second kappa shape index (κ2) is 10.1. The third-order valence-corrected chi connectivity index (χ3v) is 7.72. The van der Waals surface area contributed by atoms with Crippen LogP contribution in [-0.2, 0) is 17.6 Å². The van der Waals surface area contributed by atoms with E-state index in [9.17, 15) is 5.11 Å². The normalized spacial score (nSPS) is 13.7. The van der Waals surface area contributed by atoms with Gasteiger partial charge in [-0.3, -0.25) is 0 Å². The van der Waals surface area contributed by atoms with Gasteiger partial charge in [0.25, 0.3) is 9.04 Å². The lowest BCUT2D eigenvalue weighted by Crippen LogP contribution is -2.29. The van der Waals surface area contributed by atoms with Crippen LogP contribution >= 0.6 is 11.3 Å². The fourth-order valence-corrected chi connectivity index (χ4v) is 5.57. The van der Waals surface area contributed by atoms with E-state index in [-0.39, 0.29) is 5.41 Å². The Labute approximate surface area is 214 Å². The van der Waals surface area contributed by atoms with Gasteiger partial charge in [0.15, 0.2) is 11.5 Å². The molecule has 0 aliphatic heterocycles.